The minimum Gasteiger partial charge on any atom is -0.353 e. The van der Waals surface area contributed by atoms with Gasteiger partial charge in [-0.3, -0.25) is 9.59 Å². The molecule has 0 saturated carbocycles. The summed E-state index contributed by atoms with van der Waals surface area (Å²) in [6.45, 7) is 3.65. The fraction of sp³-hybridized carbons (Fsp3) is 0.778. The first-order valence-corrected chi connectivity index (χ1v) is 6.97. The van der Waals surface area contributed by atoms with Crippen LogP contribution in [-0.4, -0.2) is 55.8 Å². The maximum atomic E-state index is 11.9. The van der Waals surface area contributed by atoms with E-state index in [1.54, 1.807) is 6.92 Å². The van der Waals surface area contributed by atoms with E-state index in [2.05, 4.69) is 5.32 Å². The van der Waals surface area contributed by atoms with Gasteiger partial charge in [-0.2, -0.15) is 0 Å². The lowest BCUT2D eigenvalue weighted by atomic mass is 10.2. The third kappa shape index (κ3) is 2.52. The second kappa shape index (κ2) is 4.40. The number of carbonyl (C=O) groups is 2. The summed E-state index contributed by atoms with van der Waals surface area (Å²) in [5.41, 5.74) is 0. The summed E-state index contributed by atoms with van der Waals surface area (Å²) < 4.78 is 22.5. The number of hydrogen-bond donors (Lipinski definition) is 1. The van der Waals surface area contributed by atoms with Crippen LogP contribution < -0.4 is 5.32 Å². The summed E-state index contributed by atoms with van der Waals surface area (Å²) >= 11 is 0. The Morgan fingerprint density at radius 1 is 1.56 bits per heavy atom. The second-order valence-electron chi connectivity index (χ2n) is 3.97. The lowest BCUT2D eigenvalue weighted by molar-refractivity contribution is -0.141. The molecule has 6 nitrogen and oxygen atoms in total. The molecule has 92 valence electrons. The van der Waals surface area contributed by atoms with Crippen molar-refractivity contribution in [2.24, 2.45) is 0 Å². The van der Waals surface area contributed by atoms with Crippen LogP contribution in [0.3, 0.4) is 0 Å². The van der Waals surface area contributed by atoms with Crippen LogP contribution in [-0.2, 0) is 19.4 Å². The second-order valence-corrected chi connectivity index (χ2v) is 6.34. The fourth-order valence-electron chi connectivity index (χ4n) is 1.50. The van der Waals surface area contributed by atoms with E-state index in [1.165, 1.54) is 11.8 Å². The minimum absolute atomic E-state index is 0.250. The first-order chi connectivity index (χ1) is 7.25. The first-order valence-electron chi connectivity index (χ1n) is 5.02. The monoisotopic (exact) mass is 248 g/mol. The minimum atomic E-state index is -3.42. The summed E-state index contributed by atoms with van der Waals surface area (Å²) in [6, 6.07) is -0.606. The number of amides is 2. The molecule has 0 aromatic heterocycles. The summed E-state index contributed by atoms with van der Waals surface area (Å²) in [5, 5.41) is 1.52. The maximum Gasteiger partial charge on any atom is 0.242 e. The smallest absolute Gasteiger partial charge is 0.242 e. The van der Waals surface area contributed by atoms with Crippen molar-refractivity contribution in [3.05, 3.63) is 0 Å². The molecule has 16 heavy (non-hydrogen) atoms. The number of rotatable bonds is 2. The molecule has 0 aromatic rings. The molecule has 0 spiro atoms. The lowest BCUT2D eigenvalue weighted by Gasteiger charge is -2.34. The molecular formula is C9H16N2O4S. The van der Waals surface area contributed by atoms with Crippen LogP contribution in [0.2, 0.25) is 0 Å². The Balaban J connectivity index is 2.85. The Kier molecular flexibility index (Phi) is 3.57. The van der Waals surface area contributed by atoms with Gasteiger partial charge >= 0.3 is 0 Å². The van der Waals surface area contributed by atoms with E-state index in [1.807, 2.05) is 0 Å². The van der Waals surface area contributed by atoms with Gasteiger partial charge in [0, 0.05) is 19.3 Å². The standard InChI is InChI=1S/C9H16N2O4S/c1-6-8(12)10-4-5-11(6)9(13)7(2)16(3,14)15/h6-7H,4-5H2,1-3H3,(H,10,12). The zero-order valence-electron chi connectivity index (χ0n) is 9.56. The number of nitrogens with one attached hydrogen (secondary N) is 1. The Labute approximate surface area is 94.9 Å². The van der Waals surface area contributed by atoms with Crippen molar-refractivity contribution >= 4 is 21.7 Å². The van der Waals surface area contributed by atoms with Gasteiger partial charge < -0.3 is 10.2 Å². The van der Waals surface area contributed by atoms with E-state index >= 15 is 0 Å². The molecule has 2 amide bonds. The summed E-state index contributed by atoms with van der Waals surface area (Å²) in [5.74, 6) is -0.759. The highest BCUT2D eigenvalue weighted by molar-refractivity contribution is 7.92. The topological polar surface area (TPSA) is 83.6 Å². The molecule has 0 radical (unpaired) electrons. The predicted octanol–water partition coefficient (Wildman–Crippen LogP) is -1.23. The lowest BCUT2D eigenvalue weighted by Crippen LogP contribution is -2.58. The van der Waals surface area contributed by atoms with Crippen molar-refractivity contribution in [3.63, 3.8) is 0 Å². The first kappa shape index (κ1) is 13.0. The highest BCUT2D eigenvalue weighted by Gasteiger charge is 2.35. The molecule has 2 atom stereocenters. The number of carbonyl (C=O) groups excluding carboxylic acids is 2. The summed E-state index contributed by atoms with van der Waals surface area (Å²) in [4.78, 5) is 24.5. The average Bonchev–Trinajstić information content (AvgIpc) is 2.18. The van der Waals surface area contributed by atoms with Crippen LogP contribution in [0.25, 0.3) is 0 Å². The van der Waals surface area contributed by atoms with Gasteiger partial charge in [0.15, 0.2) is 9.84 Å². The zero-order valence-corrected chi connectivity index (χ0v) is 10.4. The highest BCUT2D eigenvalue weighted by Crippen LogP contribution is 2.10. The Bertz CT molecular complexity index is 404. The number of sulfone groups is 1. The van der Waals surface area contributed by atoms with E-state index in [0.717, 1.165) is 6.26 Å². The van der Waals surface area contributed by atoms with Gasteiger partial charge in [-0.05, 0) is 13.8 Å². The van der Waals surface area contributed by atoms with E-state index in [0.29, 0.717) is 13.1 Å². The molecule has 1 saturated heterocycles. The maximum absolute atomic E-state index is 11.9. The zero-order chi connectivity index (χ0) is 12.5. The highest BCUT2D eigenvalue weighted by atomic mass is 32.2. The van der Waals surface area contributed by atoms with Crippen LogP contribution in [0.15, 0.2) is 0 Å². The van der Waals surface area contributed by atoms with Crippen molar-refractivity contribution in [2.45, 2.75) is 25.1 Å². The fourth-order valence-corrected chi connectivity index (χ4v) is 2.00. The quantitative estimate of drug-likeness (QED) is 0.663. The molecule has 1 aliphatic rings. The third-order valence-corrected chi connectivity index (χ3v) is 4.26. The van der Waals surface area contributed by atoms with Crippen LogP contribution in [0.4, 0.5) is 0 Å². The van der Waals surface area contributed by atoms with Crippen LogP contribution in [0.5, 0.6) is 0 Å². The third-order valence-electron chi connectivity index (χ3n) is 2.77. The molecule has 0 aliphatic carbocycles. The van der Waals surface area contributed by atoms with Crippen LogP contribution >= 0.6 is 0 Å². The van der Waals surface area contributed by atoms with Gasteiger partial charge in [-0.25, -0.2) is 8.42 Å². The number of piperazine rings is 1. The molecule has 0 bridgehead atoms. The SMILES string of the molecule is CC1C(=O)NCCN1C(=O)C(C)S(C)(=O)=O. The summed E-state index contributed by atoms with van der Waals surface area (Å²) in [7, 11) is -3.42. The van der Waals surface area contributed by atoms with E-state index in [4.69, 9.17) is 0 Å². The van der Waals surface area contributed by atoms with Gasteiger partial charge in [0.1, 0.15) is 11.3 Å². The van der Waals surface area contributed by atoms with Crippen LogP contribution in [0.1, 0.15) is 13.8 Å². The molecule has 1 rings (SSSR count). The van der Waals surface area contributed by atoms with Gasteiger partial charge in [-0.1, -0.05) is 0 Å². The largest absolute Gasteiger partial charge is 0.353 e. The molecule has 0 aromatic carbocycles. The Morgan fingerprint density at radius 2 is 2.12 bits per heavy atom. The number of hydrogen-bond acceptors (Lipinski definition) is 4. The van der Waals surface area contributed by atoms with Gasteiger partial charge in [0.05, 0.1) is 0 Å². The number of nitrogens with zero attached hydrogens (tertiary/aromatic N) is 1. The van der Waals surface area contributed by atoms with E-state index in [9.17, 15) is 18.0 Å². The Morgan fingerprint density at radius 3 is 2.62 bits per heavy atom. The van der Waals surface area contributed by atoms with Crippen molar-refractivity contribution < 1.29 is 18.0 Å². The van der Waals surface area contributed by atoms with Crippen molar-refractivity contribution in [2.75, 3.05) is 19.3 Å². The van der Waals surface area contributed by atoms with Crippen LogP contribution in [0, 0.1) is 0 Å². The molecule has 7 heteroatoms. The van der Waals surface area contributed by atoms with E-state index < -0.39 is 27.0 Å². The van der Waals surface area contributed by atoms with Gasteiger partial charge in [-0.15, -0.1) is 0 Å². The molecule has 2 unspecified atom stereocenters. The van der Waals surface area contributed by atoms with Crippen molar-refractivity contribution in [1.29, 1.82) is 0 Å². The molecule has 1 fully saturated rings. The molecule has 1 N–H and O–H groups in total. The molecule has 1 heterocycles. The molecular weight excluding hydrogens is 232 g/mol. The van der Waals surface area contributed by atoms with E-state index in [-0.39, 0.29) is 5.91 Å². The van der Waals surface area contributed by atoms with Gasteiger partial charge in [0.25, 0.3) is 0 Å². The van der Waals surface area contributed by atoms with Crippen molar-refractivity contribution in [1.82, 2.24) is 10.2 Å². The molecule has 1 aliphatic heterocycles. The average molecular weight is 248 g/mol. The summed E-state index contributed by atoms with van der Waals surface area (Å²) in [6.07, 6.45) is 1.02. The normalized spacial score (nSPS) is 23.8. The Hall–Kier alpha value is -1.11. The van der Waals surface area contributed by atoms with Gasteiger partial charge in [0.2, 0.25) is 11.8 Å². The van der Waals surface area contributed by atoms with Crippen molar-refractivity contribution in [3.8, 4) is 0 Å². The predicted molar refractivity (Wildman–Crippen MR) is 58.5 cm³/mol.